The minimum absolute atomic E-state index is 0.290. The quantitative estimate of drug-likeness (QED) is 0.292. The van der Waals surface area contributed by atoms with E-state index in [4.69, 9.17) is 6.42 Å². The van der Waals surface area contributed by atoms with Crippen LogP contribution in [-0.2, 0) is 0 Å². The normalized spacial score (nSPS) is 11.5. The summed E-state index contributed by atoms with van der Waals surface area (Å²) in [5, 5.41) is 0. The number of hydrogen-bond acceptors (Lipinski definition) is 0. The summed E-state index contributed by atoms with van der Waals surface area (Å²) >= 11 is 0. The van der Waals surface area contributed by atoms with E-state index in [0.717, 1.165) is 32.1 Å². The third-order valence-corrected chi connectivity index (χ3v) is 3.28. The Morgan fingerprint density at radius 1 is 0.632 bits per heavy atom. The maximum atomic E-state index is 11.9. The van der Waals surface area contributed by atoms with Crippen LogP contribution < -0.4 is 0 Å². The first kappa shape index (κ1) is 18.4. The van der Waals surface area contributed by atoms with Crippen molar-refractivity contribution < 1.29 is 13.2 Å². The van der Waals surface area contributed by atoms with Gasteiger partial charge in [0.2, 0.25) is 0 Å². The average Bonchev–Trinajstić information content (AvgIpc) is 2.34. The molecule has 0 bridgehead atoms. The van der Waals surface area contributed by atoms with Gasteiger partial charge in [-0.25, -0.2) is 0 Å². The Balaban J connectivity index is 3.02. The SMILES string of the molecule is C#CCCCCCCCCCCCCCC(F)(F)F. The second-order valence-corrected chi connectivity index (χ2v) is 5.21. The van der Waals surface area contributed by atoms with Gasteiger partial charge in [0.1, 0.15) is 0 Å². The molecule has 0 heterocycles. The second kappa shape index (κ2) is 12.4. The standard InChI is InChI=1S/C16H27F3/c1-2-3-4-5-6-7-8-9-10-11-12-13-14-15-16(17,18)19/h1H,3-15H2. The number of alkyl halides is 3. The molecule has 0 fully saturated rings. The van der Waals surface area contributed by atoms with Crippen molar-refractivity contribution in [1.29, 1.82) is 0 Å². The third-order valence-electron chi connectivity index (χ3n) is 3.28. The van der Waals surface area contributed by atoms with E-state index in [1.165, 1.54) is 32.1 Å². The number of rotatable bonds is 12. The van der Waals surface area contributed by atoms with E-state index in [1.807, 2.05) is 0 Å². The van der Waals surface area contributed by atoms with Crippen molar-refractivity contribution in [3.63, 3.8) is 0 Å². The molecule has 0 N–H and O–H groups in total. The van der Waals surface area contributed by atoms with Crippen LogP contribution in [0.5, 0.6) is 0 Å². The first-order valence-corrected chi connectivity index (χ1v) is 7.56. The lowest BCUT2D eigenvalue weighted by Crippen LogP contribution is -2.06. The smallest absolute Gasteiger partial charge is 0.171 e. The van der Waals surface area contributed by atoms with Crippen molar-refractivity contribution in [3.8, 4) is 12.3 Å². The maximum absolute atomic E-state index is 11.9. The van der Waals surface area contributed by atoms with Crippen molar-refractivity contribution >= 4 is 0 Å². The van der Waals surface area contributed by atoms with Crippen LogP contribution in [0.25, 0.3) is 0 Å². The Morgan fingerprint density at radius 2 is 1.00 bits per heavy atom. The molecule has 0 nitrogen and oxygen atoms in total. The number of terminal acetylenes is 1. The lowest BCUT2D eigenvalue weighted by Gasteiger charge is -2.05. The summed E-state index contributed by atoms with van der Waals surface area (Å²) in [6.45, 7) is 0. The molecule has 0 unspecified atom stereocenters. The van der Waals surface area contributed by atoms with Crippen molar-refractivity contribution in [2.75, 3.05) is 0 Å². The number of unbranched alkanes of at least 4 members (excludes halogenated alkanes) is 11. The molecule has 3 heteroatoms. The highest BCUT2D eigenvalue weighted by Gasteiger charge is 2.25. The van der Waals surface area contributed by atoms with Crippen molar-refractivity contribution in [1.82, 2.24) is 0 Å². The first-order chi connectivity index (χ1) is 9.06. The summed E-state index contributed by atoms with van der Waals surface area (Å²) < 4.78 is 35.6. The van der Waals surface area contributed by atoms with Gasteiger partial charge in [0, 0.05) is 12.8 Å². The third kappa shape index (κ3) is 17.4. The molecule has 0 radical (unpaired) electrons. The molecule has 0 aromatic rings. The van der Waals surface area contributed by atoms with Crippen molar-refractivity contribution in [3.05, 3.63) is 0 Å². The highest BCUT2D eigenvalue weighted by molar-refractivity contribution is 4.82. The molecule has 0 aromatic carbocycles. The molecule has 0 amide bonds. The van der Waals surface area contributed by atoms with E-state index in [1.54, 1.807) is 0 Å². The zero-order chi connectivity index (χ0) is 14.4. The zero-order valence-electron chi connectivity index (χ0n) is 11.9. The fraction of sp³-hybridized carbons (Fsp3) is 0.875. The minimum atomic E-state index is -3.97. The summed E-state index contributed by atoms with van der Waals surface area (Å²) in [6.07, 6.45) is 13.0. The van der Waals surface area contributed by atoms with Gasteiger partial charge in [-0.3, -0.25) is 0 Å². The summed E-state index contributed by atoms with van der Waals surface area (Å²) in [5.74, 6) is 2.64. The van der Waals surface area contributed by atoms with E-state index in [2.05, 4.69) is 5.92 Å². The molecule has 0 aliphatic rings. The van der Waals surface area contributed by atoms with Crippen LogP contribution in [0.15, 0.2) is 0 Å². The Labute approximate surface area is 116 Å². The van der Waals surface area contributed by atoms with Crippen molar-refractivity contribution in [2.24, 2.45) is 0 Å². The van der Waals surface area contributed by atoms with Crippen LogP contribution in [0.3, 0.4) is 0 Å². The highest BCUT2D eigenvalue weighted by Crippen LogP contribution is 2.23. The first-order valence-electron chi connectivity index (χ1n) is 7.56. The van der Waals surface area contributed by atoms with Gasteiger partial charge < -0.3 is 0 Å². The van der Waals surface area contributed by atoms with Crippen molar-refractivity contribution in [2.45, 2.75) is 89.6 Å². The van der Waals surface area contributed by atoms with Gasteiger partial charge in [-0.1, -0.05) is 57.8 Å². The Bertz CT molecular complexity index is 225. The Kier molecular flexibility index (Phi) is 12.0. The van der Waals surface area contributed by atoms with Gasteiger partial charge in [-0.15, -0.1) is 12.3 Å². The van der Waals surface area contributed by atoms with Gasteiger partial charge in [0.05, 0.1) is 0 Å². The maximum Gasteiger partial charge on any atom is 0.389 e. The summed E-state index contributed by atoms with van der Waals surface area (Å²) in [4.78, 5) is 0. The molecule has 0 aromatic heterocycles. The molecular weight excluding hydrogens is 249 g/mol. The molecule has 0 aliphatic heterocycles. The van der Waals surface area contributed by atoms with Crippen LogP contribution in [0.2, 0.25) is 0 Å². The van der Waals surface area contributed by atoms with Gasteiger partial charge >= 0.3 is 6.18 Å². The Morgan fingerprint density at radius 3 is 1.37 bits per heavy atom. The zero-order valence-corrected chi connectivity index (χ0v) is 11.9. The van der Waals surface area contributed by atoms with Crippen LogP contribution in [0.1, 0.15) is 83.5 Å². The summed E-state index contributed by atoms with van der Waals surface area (Å²) in [7, 11) is 0. The van der Waals surface area contributed by atoms with E-state index < -0.39 is 12.6 Å². The topological polar surface area (TPSA) is 0 Å². The van der Waals surface area contributed by atoms with E-state index in [9.17, 15) is 13.2 Å². The number of halogens is 3. The van der Waals surface area contributed by atoms with Crippen LogP contribution in [0.4, 0.5) is 13.2 Å². The van der Waals surface area contributed by atoms with E-state index in [0.29, 0.717) is 12.8 Å². The number of hydrogen-bond donors (Lipinski definition) is 0. The van der Waals surface area contributed by atoms with Gasteiger partial charge in [-0.05, 0) is 12.8 Å². The molecule has 112 valence electrons. The lowest BCUT2D eigenvalue weighted by molar-refractivity contribution is -0.135. The Hall–Kier alpha value is -0.650. The molecular formula is C16H27F3. The van der Waals surface area contributed by atoms with Gasteiger partial charge in [0.15, 0.2) is 0 Å². The average molecular weight is 276 g/mol. The monoisotopic (exact) mass is 276 g/mol. The molecule has 0 atom stereocenters. The predicted molar refractivity (Wildman–Crippen MR) is 74.9 cm³/mol. The molecule has 0 spiro atoms. The summed E-state index contributed by atoms with van der Waals surface area (Å²) in [5.41, 5.74) is 0. The van der Waals surface area contributed by atoms with Gasteiger partial charge in [0.25, 0.3) is 0 Å². The fourth-order valence-corrected chi connectivity index (χ4v) is 2.14. The van der Waals surface area contributed by atoms with E-state index >= 15 is 0 Å². The molecule has 0 saturated carbocycles. The molecule has 19 heavy (non-hydrogen) atoms. The largest absolute Gasteiger partial charge is 0.389 e. The molecule has 0 aliphatic carbocycles. The second-order valence-electron chi connectivity index (χ2n) is 5.21. The van der Waals surface area contributed by atoms with Crippen LogP contribution >= 0.6 is 0 Å². The summed E-state index contributed by atoms with van der Waals surface area (Å²) in [6, 6.07) is 0. The highest BCUT2D eigenvalue weighted by atomic mass is 19.4. The fourth-order valence-electron chi connectivity index (χ4n) is 2.14. The van der Waals surface area contributed by atoms with Crippen LogP contribution in [0, 0.1) is 12.3 Å². The van der Waals surface area contributed by atoms with E-state index in [-0.39, 0.29) is 0 Å². The lowest BCUT2D eigenvalue weighted by atomic mass is 10.0. The predicted octanol–water partition coefficient (Wildman–Crippen LogP) is 6.25. The molecule has 0 saturated heterocycles. The molecule has 0 rings (SSSR count). The minimum Gasteiger partial charge on any atom is -0.171 e. The van der Waals surface area contributed by atoms with Gasteiger partial charge in [-0.2, -0.15) is 13.2 Å². The van der Waals surface area contributed by atoms with Crippen LogP contribution in [-0.4, -0.2) is 6.18 Å².